The van der Waals surface area contributed by atoms with Gasteiger partial charge in [0.1, 0.15) is 35.1 Å². The quantitative estimate of drug-likeness (QED) is 0.267. The Morgan fingerprint density at radius 1 is 1.09 bits per heavy atom. The monoisotopic (exact) mass is 626 g/mol. The molecule has 5 aliphatic rings. The van der Waals surface area contributed by atoms with Gasteiger partial charge in [-0.05, 0) is 86.4 Å². The van der Waals surface area contributed by atoms with Gasteiger partial charge in [0.2, 0.25) is 0 Å². The Kier molecular flexibility index (Phi) is 6.49. The molecule has 2 N–H and O–H groups in total. The number of nitrogens with zero attached hydrogens (tertiary/aromatic N) is 5. The van der Waals surface area contributed by atoms with Crippen molar-refractivity contribution >= 4 is 27.5 Å². The fourth-order valence-corrected chi connectivity index (χ4v) is 9.70. The van der Waals surface area contributed by atoms with Gasteiger partial charge >= 0.3 is 6.01 Å². The highest BCUT2D eigenvalue weighted by Crippen LogP contribution is 2.55. The summed E-state index contributed by atoms with van der Waals surface area (Å²) in [5.41, 5.74) is 0.311. The number of phenolic OH excluding ortho intramolecular Hbond substituents is 1. The number of piperazine rings is 1. The van der Waals surface area contributed by atoms with Crippen LogP contribution in [-0.4, -0.2) is 80.5 Å². The molecular formula is C36H40F2N6O2. The van der Waals surface area contributed by atoms with Crippen LogP contribution in [0.1, 0.15) is 63.9 Å². The number of nitrogens with one attached hydrogen (secondary N) is 1. The number of phenols is 1. The van der Waals surface area contributed by atoms with E-state index in [1.165, 1.54) is 0 Å². The van der Waals surface area contributed by atoms with Crippen LogP contribution in [0.15, 0.2) is 36.5 Å². The highest BCUT2D eigenvalue weighted by molar-refractivity contribution is 6.01. The second kappa shape index (κ2) is 10.4. The zero-order valence-electron chi connectivity index (χ0n) is 26.2. The number of anilines is 1. The maximum Gasteiger partial charge on any atom is 0.319 e. The van der Waals surface area contributed by atoms with Crippen LogP contribution in [0.5, 0.6) is 11.8 Å². The minimum absolute atomic E-state index is 0.0424. The molecule has 6 heterocycles. The average Bonchev–Trinajstić information content (AvgIpc) is 3.78. The second-order valence-corrected chi connectivity index (χ2v) is 14.3. The summed E-state index contributed by atoms with van der Waals surface area (Å²) in [6.45, 7) is 4.74. The molecule has 8 nitrogen and oxygen atoms in total. The van der Waals surface area contributed by atoms with Crippen LogP contribution in [0, 0.1) is 5.82 Å². The first kappa shape index (κ1) is 28.6. The number of alkyl halides is 1. The number of aromatic hydroxyl groups is 1. The van der Waals surface area contributed by atoms with E-state index in [0.717, 1.165) is 80.9 Å². The Morgan fingerprint density at radius 2 is 1.93 bits per heavy atom. The van der Waals surface area contributed by atoms with Crippen molar-refractivity contribution in [2.24, 2.45) is 0 Å². The maximum atomic E-state index is 16.9. The summed E-state index contributed by atoms with van der Waals surface area (Å²) in [5, 5.41) is 16.5. The lowest BCUT2D eigenvalue weighted by Gasteiger charge is -2.35. The Hall–Kier alpha value is -3.63. The predicted molar refractivity (Wildman–Crippen MR) is 174 cm³/mol. The summed E-state index contributed by atoms with van der Waals surface area (Å²) >= 11 is 0. The SMILES string of the molecule is CCc1cccc2cc(O)cc(-c3ncc4c(N5CC6CCC(C5)N6)nc(OC[C@@]56CCCN5[C@H]5CCC[C@@]5(F)C6)nc4c3F)c12. The summed E-state index contributed by atoms with van der Waals surface area (Å²) in [6.07, 6.45) is 9.42. The highest BCUT2D eigenvalue weighted by atomic mass is 19.1. The molecular weight excluding hydrogens is 586 g/mol. The lowest BCUT2D eigenvalue weighted by molar-refractivity contribution is 0.0811. The van der Waals surface area contributed by atoms with Gasteiger partial charge in [0, 0.05) is 49.4 Å². The van der Waals surface area contributed by atoms with Crippen molar-refractivity contribution < 1.29 is 18.6 Å². The molecule has 0 radical (unpaired) electrons. The molecule has 5 fully saturated rings. The van der Waals surface area contributed by atoms with E-state index in [4.69, 9.17) is 14.7 Å². The van der Waals surface area contributed by atoms with Crippen molar-refractivity contribution in [3.05, 3.63) is 47.9 Å². The molecule has 4 aliphatic heterocycles. The standard InChI is InChI=1S/C36H40F2N6O2/c1-2-21-6-3-7-22-14-25(45)15-26(29(21)22)31-30(37)32-27(16-39-31)33(43-17-23-9-10-24(18-43)40-23)42-34(41-32)46-20-35-11-5-13-44(35)28-8-4-12-36(28,38)19-35/h3,6-7,14-16,23-24,28,40,45H,2,4-5,8-13,17-20H2,1H3/t23?,24?,28-,35-,36+/m0/s1. The van der Waals surface area contributed by atoms with E-state index in [2.05, 4.69) is 27.0 Å². The summed E-state index contributed by atoms with van der Waals surface area (Å²) in [6, 6.07) is 9.96. The molecule has 1 aliphatic carbocycles. The largest absolute Gasteiger partial charge is 0.508 e. The molecule has 5 atom stereocenters. The van der Waals surface area contributed by atoms with Crippen LogP contribution < -0.4 is 15.0 Å². The van der Waals surface area contributed by atoms with Gasteiger partial charge in [-0.2, -0.15) is 9.97 Å². The van der Waals surface area contributed by atoms with Gasteiger partial charge in [0.05, 0.1) is 10.9 Å². The van der Waals surface area contributed by atoms with Crippen LogP contribution in [0.4, 0.5) is 14.6 Å². The lowest BCUT2D eigenvalue weighted by atomic mass is 9.88. The van der Waals surface area contributed by atoms with Crippen LogP contribution in [-0.2, 0) is 6.42 Å². The Bertz CT molecular complexity index is 1860. The van der Waals surface area contributed by atoms with Crippen LogP contribution in [0.3, 0.4) is 0 Å². The smallest absolute Gasteiger partial charge is 0.319 e. The zero-order valence-corrected chi connectivity index (χ0v) is 26.2. The van der Waals surface area contributed by atoms with Crippen molar-refractivity contribution in [1.82, 2.24) is 25.2 Å². The molecule has 4 saturated heterocycles. The fraction of sp³-hybridized carbons (Fsp3) is 0.528. The normalized spacial score (nSPS) is 30.4. The molecule has 4 aromatic rings. The summed E-state index contributed by atoms with van der Waals surface area (Å²) in [5.74, 6) is 0.103. The van der Waals surface area contributed by atoms with Gasteiger partial charge in [-0.1, -0.05) is 25.1 Å². The molecule has 2 aromatic carbocycles. The van der Waals surface area contributed by atoms with Gasteiger partial charge in [-0.3, -0.25) is 9.88 Å². The fourth-order valence-electron chi connectivity index (χ4n) is 9.70. The van der Waals surface area contributed by atoms with Crippen molar-refractivity contribution in [3.8, 4) is 23.0 Å². The molecule has 0 amide bonds. The van der Waals surface area contributed by atoms with E-state index in [0.29, 0.717) is 41.7 Å². The second-order valence-electron chi connectivity index (χ2n) is 14.3. The number of benzene rings is 2. The minimum atomic E-state index is -1.16. The number of ether oxygens (including phenoxy) is 1. The summed E-state index contributed by atoms with van der Waals surface area (Å²) < 4.78 is 39.4. The molecule has 2 bridgehead atoms. The average molecular weight is 627 g/mol. The highest BCUT2D eigenvalue weighted by Gasteiger charge is 2.63. The predicted octanol–water partition coefficient (Wildman–Crippen LogP) is 6.07. The molecule has 2 aromatic heterocycles. The van der Waals surface area contributed by atoms with Crippen molar-refractivity contribution in [3.63, 3.8) is 0 Å². The maximum absolute atomic E-state index is 16.9. The number of rotatable bonds is 6. The topological polar surface area (TPSA) is 86.6 Å². The molecule has 240 valence electrons. The van der Waals surface area contributed by atoms with E-state index in [1.54, 1.807) is 18.3 Å². The van der Waals surface area contributed by atoms with E-state index in [-0.39, 0.29) is 41.2 Å². The third-order valence-corrected chi connectivity index (χ3v) is 11.6. The van der Waals surface area contributed by atoms with Gasteiger partial charge in [-0.25, -0.2) is 8.78 Å². The number of aryl methyl sites for hydroxylation is 1. The Labute approximate surface area is 267 Å². The van der Waals surface area contributed by atoms with Crippen molar-refractivity contribution in [2.75, 3.05) is 31.1 Å². The summed E-state index contributed by atoms with van der Waals surface area (Å²) in [7, 11) is 0. The number of fused-ring (bicyclic) bond motifs is 7. The third-order valence-electron chi connectivity index (χ3n) is 11.6. The minimum Gasteiger partial charge on any atom is -0.508 e. The molecule has 0 spiro atoms. The summed E-state index contributed by atoms with van der Waals surface area (Å²) in [4.78, 5) is 18.9. The van der Waals surface area contributed by atoms with Crippen molar-refractivity contribution in [2.45, 2.75) is 94.0 Å². The number of pyridine rings is 1. The van der Waals surface area contributed by atoms with Gasteiger partial charge in [-0.15, -0.1) is 0 Å². The Morgan fingerprint density at radius 3 is 2.76 bits per heavy atom. The van der Waals surface area contributed by atoms with Crippen LogP contribution in [0.25, 0.3) is 32.9 Å². The number of halogens is 2. The first-order valence-electron chi connectivity index (χ1n) is 17.0. The first-order chi connectivity index (χ1) is 22.3. The lowest BCUT2D eigenvalue weighted by Crippen LogP contribution is -2.51. The molecule has 1 saturated carbocycles. The van der Waals surface area contributed by atoms with Gasteiger partial charge in [0.15, 0.2) is 5.82 Å². The van der Waals surface area contributed by atoms with E-state index < -0.39 is 11.5 Å². The molecule has 10 heteroatoms. The van der Waals surface area contributed by atoms with Crippen molar-refractivity contribution in [1.29, 1.82) is 0 Å². The van der Waals surface area contributed by atoms with E-state index >= 15 is 8.78 Å². The van der Waals surface area contributed by atoms with E-state index in [9.17, 15) is 5.11 Å². The van der Waals surface area contributed by atoms with Gasteiger partial charge < -0.3 is 20.1 Å². The molecule has 46 heavy (non-hydrogen) atoms. The number of aromatic nitrogens is 3. The first-order valence-corrected chi connectivity index (χ1v) is 17.0. The number of hydrogen-bond acceptors (Lipinski definition) is 8. The zero-order chi connectivity index (χ0) is 31.2. The van der Waals surface area contributed by atoms with Crippen LogP contribution >= 0.6 is 0 Å². The molecule has 2 unspecified atom stereocenters. The number of hydrogen-bond donors (Lipinski definition) is 2. The Balaban J connectivity index is 1.16. The van der Waals surface area contributed by atoms with Crippen LogP contribution in [0.2, 0.25) is 0 Å². The molecule has 9 rings (SSSR count). The van der Waals surface area contributed by atoms with Gasteiger partial charge in [0.25, 0.3) is 0 Å². The third kappa shape index (κ3) is 4.32. The van der Waals surface area contributed by atoms with E-state index in [1.807, 2.05) is 18.2 Å².